The van der Waals surface area contributed by atoms with Gasteiger partial charge in [-0.2, -0.15) is 0 Å². The summed E-state index contributed by atoms with van der Waals surface area (Å²) >= 11 is 0. The zero-order valence-electron chi connectivity index (χ0n) is 14.3. The fourth-order valence-corrected chi connectivity index (χ4v) is 3.01. The fraction of sp³-hybridized carbons (Fsp3) is 0.300. The van der Waals surface area contributed by atoms with Gasteiger partial charge >= 0.3 is 0 Å². The zero-order valence-corrected chi connectivity index (χ0v) is 14.3. The van der Waals surface area contributed by atoms with Crippen LogP contribution in [0.4, 0.5) is 5.69 Å². The van der Waals surface area contributed by atoms with Crippen molar-refractivity contribution in [2.24, 2.45) is 0 Å². The Hall–Kier alpha value is -2.66. The Morgan fingerprint density at radius 1 is 1.08 bits per heavy atom. The van der Waals surface area contributed by atoms with E-state index in [-0.39, 0.29) is 17.9 Å². The highest BCUT2D eigenvalue weighted by atomic mass is 16.2. The van der Waals surface area contributed by atoms with Crippen molar-refractivity contribution >= 4 is 17.5 Å². The molecule has 1 aliphatic heterocycles. The average Bonchev–Trinajstić information content (AvgIpc) is 2.63. The van der Waals surface area contributed by atoms with Gasteiger partial charge in [-0.05, 0) is 50.6 Å². The molecule has 3 rings (SSSR count). The topological polar surface area (TPSA) is 70.2 Å². The summed E-state index contributed by atoms with van der Waals surface area (Å²) in [5.74, 6) is -0.378. The maximum Gasteiger partial charge on any atom is 0.255 e. The summed E-state index contributed by atoms with van der Waals surface area (Å²) in [4.78, 5) is 25.1. The smallest absolute Gasteiger partial charge is 0.255 e. The third-order valence-electron chi connectivity index (χ3n) is 4.33. The van der Waals surface area contributed by atoms with E-state index in [4.69, 9.17) is 0 Å². The molecule has 0 unspecified atom stereocenters. The molecule has 1 atom stereocenters. The summed E-state index contributed by atoms with van der Waals surface area (Å²) < 4.78 is 0. The minimum Gasteiger partial charge on any atom is -0.348 e. The van der Waals surface area contributed by atoms with E-state index in [0.29, 0.717) is 16.8 Å². The predicted molar refractivity (Wildman–Crippen MR) is 98.9 cm³/mol. The molecule has 3 N–H and O–H groups in total. The van der Waals surface area contributed by atoms with Gasteiger partial charge in [0.15, 0.2) is 0 Å². The molecule has 2 aromatic rings. The lowest BCUT2D eigenvalue weighted by Crippen LogP contribution is -2.45. The number of benzene rings is 2. The molecule has 1 heterocycles. The standard InChI is InChI=1S/C20H23N3O2/c1-14-6-4-7-15(12-14)19(24)23-18-10-3-2-9-17(18)20(25)22-16-8-5-11-21-13-16/h2-4,6-7,9-10,12,16,21H,5,8,11,13H2,1H3,(H,22,25)(H,23,24)/t16-/m0/s1. The van der Waals surface area contributed by atoms with Crippen LogP contribution in [-0.2, 0) is 0 Å². The van der Waals surface area contributed by atoms with Crippen LogP contribution >= 0.6 is 0 Å². The Labute approximate surface area is 147 Å². The van der Waals surface area contributed by atoms with Gasteiger partial charge in [0.25, 0.3) is 11.8 Å². The van der Waals surface area contributed by atoms with Crippen molar-refractivity contribution in [1.82, 2.24) is 10.6 Å². The SMILES string of the molecule is Cc1cccc(C(=O)Nc2ccccc2C(=O)N[C@H]2CCCNC2)c1. The van der Waals surface area contributed by atoms with Gasteiger partial charge in [0, 0.05) is 18.2 Å². The van der Waals surface area contributed by atoms with E-state index in [1.807, 2.05) is 31.2 Å². The van der Waals surface area contributed by atoms with E-state index in [0.717, 1.165) is 31.5 Å². The number of hydrogen-bond acceptors (Lipinski definition) is 3. The predicted octanol–water partition coefficient (Wildman–Crippen LogP) is 2.73. The number of carbonyl (C=O) groups excluding carboxylic acids is 2. The van der Waals surface area contributed by atoms with E-state index in [2.05, 4.69) is 16.0 Å². The van der Waals surface area contributed by atoms with Gasteiger partial charge in [0.05, 0.1) is 11.3 Å². The first-order valence-corrected chi connectivity index (χ1v) is 8.62. The van der Waals surface area contributed by atoms with Crippen molar-refractivity contribution in [2.75, 3.05) is 18.4 Å². The molecule has 25 heavy (non-hydrogen) atoms. The van der Waals surface area contributed by atoms with Gasteiger partial charge in [0.1, 0.15) is 0 Å². The van der Waals surface area contributed by atoms with Crippen LogP contribution < -0.4 is 16.0 Å². The maximum atomic E-state index is 12.6. The average molecular weight is 337 g/mol. The highest BCUT2D eigenvalue weighted by Crippen LogP contribution is 2.17. The summed E-state index contributed by atoms with van der Waals surface area (Å²) in [5, 5.41) is 9.18. The summed E-state index contributed by atoms with van der Waals surface area (Å²) in [6, 6.07) is 14.6. The lowest BCUT2D eigenvalue weighted by molar-refractivity contribution is 0.0931. The van der Waals surface area contributed by atoms with Crippen molar-refractivity contribution in [1.29, 1.82) is 0 Å². The van der Waals surface area contributed by atoms with Crippen molar-refractivity contribution in [3.8, 4) is 0 Å². The number of para-hydroxylation sites is 1. The number of hydrogen-bond donors (Lipinski definition) is 3. The monoisotopic (exact) mass is 337 g/mol. The van der Waals surface area contributed by atoms with Crippen molar-refractivity contribution in [3.63, 3.8) is 0 Å². The van der Waals surface area contributed by atoms with E-state index >= 15 is 0 Å². The second-order valence-corrected chi connectivity index (χ2v) is 6.39. The molecule has 5 nitrogen and oxygen atoms in total. The van der Waals surface area contributed by atoms with Gasteiger partial charge in [-0.25, -0.2) is 0 Å². The number of piperidine rings is 1. The van der Waals surface area contributed by atoms with Crippen molar-refractivity contribution in [3.05, 3.63) is 65.2 Å². The zero-order chi connectivity index (χ0) is 17.6. The molecule has 5 heteroatoms. The number of carbonyl (C=O) groups is 2. The summed E-state index contributed by atoms with van der Waals surface area (Å²) in [6.45, 7) is 3.72. The number of amides is 2. The van der Waals surface area contributed by atoms with E-state index in [9.17, 15) is 9.59 Å². The molecule has 0 bridgehead atoms. The first-order valence-electron chi connectivity index (χ1n) is 8.62. The van der Waals surface area contributed by atoms with E-state index < -0.39 is 0 Å². The fourth-order valence-electron chi connectivity index (χ4n) is 3.01. The molecule has 1 saturated heterocycles. The Balaban J connectivity index is 1.74. The third kappa shape index (κ3) is 4.45. The first-order chi connectivity index (χ1) is 12.1. The van der Waals surface area contributed by atoms with Gasteiger partial charge in [-0.1, -0.05) is 29.8 Å². The van der Waals surface area contributed by atoms with Crippen LogP contribution in [0.5, 0.6) is 0 Å². The lowest BCUT2D eigenvalue weighted by atomic mass is 10.1. The van der Waals surface area contributed by atoms with Crippen LogP contribution in [0.3, 0.4) is 0 Å². The Morgan fingerprint density at radius 3 is 2.68 bits per heavy atom. The van der Waals surface area contributed by atoms with Crippen molar-refractivity contribution < 1.29 is 9.59 Å². The molecule has 0 spiro atoms. The first kappa shape index (κ1) is 17.2. The Kier molecular flexibility index (Phi) is 5.46. The molecular formula is C20H23N3O2. The molecule has 0 aliphatic carbocycles. The molecule has 2 aromatic carbocycles. The number of nitrogens with one attached hydrogen (secondary N) is 3. The summed E-state index contributed by atoms with van der Waals surface area (Å²) in [6.07, 6.45) is 2.02. The quantitative estimate of drug-likeness (QED) is 0.803. The number of aryl methyl sites for hydroxylation is 1. The molecule has 1 aliphatic rings. The van der Waals surface area contributed by atoms with Gasteiger partial charge in [-0.3, -0.25) is 9.59 Å². The summed E-state index contributed by atoms with van der Waals surface area (Å²) in [5.41, 5.74) is 2.60. The van der Waals surface area contributed by atoms with E-state index in [1.54, 1.807) is 24.3 Å². The van der Waals surface area contributed by atoms with Gasteiger partial charge < -0.3 is 16.0 Å². The molecule has 0 saturated carbocycles. The number of anilines is 1. The molecule has 0 radical (unpaired) electrons. The molecular weight excluding hydrogens is 314 g/mol. The Morgan fingerprint density at radius 2 is 1.92 bits per heavy atom. The largest absolute Gasteiger partial charge is 0.348 e. The maximum absolute atomic E-state index is 12.6. The second kappa shape index (κ2) is 7.94. The highest BCUT2D eigenvalue weighted by molar-refractivity contribution is 6.09. The Bertz CT molecular complexity index is 767. The van der Waals surface area contributed by atoms with Gasteiger partial charge in [-0.15, -0.1) is 0 Å². The van der Waals surface area contributed by atoms with Crippen LogP contribution in [0.25, 0.3) is 0 Å². The van der Waals surface area contributed by atoms with Crippen LogP contribution in [0.1, 0.15) is 39.1 Å². The molecule has 130 valence electrons. The van der Waals surface area contributed by atoms with Crippen molar-refractivity contribution in [2.45, 2.75) is 25.8 Å². The van der Waals surface area contributed by atoms with Crippen LogP contribution in [0, 0.1) is 6.92 Å². The normalized spacial score (nSPS) is 16.9. The third-order valence-corrected chi connectivity index (χ3v) is 4.33. The van der Waals surface area contributed by atoms with Gasteiger partial charge in [0.2, 0.25) is 0 Å². The van der Waals surface area contributed by atoms with Crippen LogP contribution in [0.2, 0.25) is 0 Å². The van der Waals surface area contributed by atoms with E-state index in [1.165, 1.54) is 0 Å². The molecule has 0 aromatic heterocycles. The summed E-state index contributed by atoms with van der Waals surface area (Å²) in [7, 11) is 0. The minimum atomic E-state index is -0.219. The molecule has 1 fully saturated rings. The second-order valence-electron chi connectivity index (χ2n) is 6.39. The lowest BCUT2D eigenvalue weighted by Gasteiger charge is -2.24. The minimum absolute atomic E-state index is 0.127. The number of rotatable bonds is 4. The molecule has 2 amide bonds. The van der Waals surface area contributed by atoms with Crippen LogP contribution in [-0.4, -0.2) is 30.9 Å². The highest BCUT2D eigenvalue weighted by Gasteiger charge is 2.19. The van der Waals surface area contributed by atoms with Crippen LogP contribution in [0.15, 0.2) is 48.5 Å².